The van der Waals surface area contributed by atoms with E-state index in [1.807, 2.05) is 0 Å². The van der Waals surface area contributed by atoms with Crippen LogP contribution in [0, 0.1) is 112 Å². The van der Waals surface area contributed by atoms with E-state index in [9.17, 15) is 0 Å². The van der Waals surface area contributed by atoms with E-state index in [2.05, 4.69) is 48.5 Å². The zero-order valence-corrected chi connectivity index (χ0v) is 41.3. The van der Waals surface area contributed by atoms with Crippen LogP contribution in [0.25, 0.3) is 0 Å². The molecule has 0 bridgehead atoms. The highest BCUT2D eigenvalue weighted by Crippen LogP contribution is 2.50. The molecule has 0 radical (unpaired) electrons. The Hall–Kier alpha value is 0. The fraction of sp³-hybridized carbons (Fsp3) is 1.00. The van der Waals surface area contributed by atoms with Crippen LogP contribution in [0.15, 0.2) is 0 Å². The zero-order chi connectivity index (χ0) is 41.3. The Bertz CT molecular complexity index is 1110. The first-order valence-corrected chi connectivity index (χ1v) is 28.6. The van der Waals surface area contributed by atoms with Crippen molar-refractivity contribution in [1.82, 2.24) is 0 Å². The lowest BCUT2D eigenvalue weighted by Crippen LogP contribution is -2.36. The largest absolute Gasteiger partial charge is 0.0625 e. The minimum atomic E-state index is 0.985. The maximum absolute atomic E-state index is 2.63. The van der Waals surface area contributed by atoms with Gasteiger partial charge in [0.15, 0.2) is 0 Å². The summed E-state index contributed by atoms with van der Waals surface area (Å²) in [6.07, 6.45) is 51.2. The molecule has 8 aliphatic rings. The summed E-state index contributed by atoms with van der Waals surface area (Å²) in [5, 5.41) is 0. The third-order valence-electron chi connectivity index (χ3n) is 21.7. The molecular weight excluding hydrogens is 709 g/mol. The maximum atomic E-state index is 2.63. The van der Waals surface area contributed by atoms with Crippen LogP contribution in [-0.4, -0.2) is 0 Å². The predicted octanol–water partition coefficient (Wildman–Crippen LogP) is 18.8. The Kier molecular flexibility index (Phi) is 18.5. The monoisotopic (exact) mass is 815 g/mol. The molecule has 342 valence electrons. The van der Waals surface area contributed by atoms with Gasteiger partial charge in [-0.15, -0.1) is 0 Å². The van der Waals surface area contributed by atoms with Crippen molar-refractivity contribution in [3.63, 3.8) is 0 Å². The van der Waals surface area contributed by atoms with Gasteiger partial charge < -0.3 is 0 Å². The first kappa shape index (κ1) is 47.0. The normalized spacial score (nSPS) is 47.7. The molecule has 5 unspecified atom stereocenters. The van der Waals surface area contributed by atoms with E-state index in [1.165, 1.54) is 57.8 Å². The molecule has 5 atom stereocenters. The average molecular weight is 815 g/mol. The molecule has 8 saturated carbocycles. The Morgan fingerprint density at radius 1 is 0.220 bits per heavy atom. The smallest absolute Gasteiger partial charge is 0.0334 e. The van der Waals surface area contributed by atoms with Gasteiger partial charge in [-0.2, -0.15) is 0 Å². The van der Waals surface area contributed by atoms with E-state index in [-0.39, 0.29) is 0 Å². The Labute approximate surface area is 371 Å². The van der Waals surface area contributed by atoms with E-state index in [0.717, 1.165) is 112 Å². The molecule has 8 rings (SSSR count). The molecule has 8 aliphatic carbocycles. The summed E-state index contributed by atoms with van der Waals surface area (Å²) in [5.74, 6) is 20.0. The number of hydrogen-bond acceptors (Lipinski definition) is 0. The van der Waals surface area contributed by atoms with Crippen LogP contribution in [-0.2, 0) is 0 Å². The highest BCUT2D eigenvalue weighted by molar-refractivity contribution is 4.90. The van der Waals surface area contributed by atoms with Crippen molar-refractivity contribution < 1.29 is 0 Å². The molecule has 0 aliphatic heterocycles. The van der Waals surface area contributed by atoms with Gasteiger partial charge in [-0.1, -0.05) is 158 Å². The summed E-state index contributed by atoms with van der Waals surface area (Å²) in [7, 11) is 0. The summed E-state index contributed by atoms with van der Waals surface area (Å²) in [5.41, 5.74) is 0. The number of rotatable bonds is 10. The third kappa shape index (κ3) is 13.8. The van der Waals surface area contributed by atoms with E-state index in [0.29, 0.717) is 0 Å². The molecule has 0 heterocycles. The molecule has 0 saturated heterocycles. The van der Waals surface area contributed by atoms with E-state index in [1.54, 1.807) is 154 Å². The van der Waals surface area contributed by atoms with E-state index < -0.39 is 0 Å². The summed E-state index contributed by atoms with van der Waals surface area (Å²) in [6.45, 7) is 17.7. The molecule has 0 nitrogen and oxygen atoms in total. The van der Waals surface area contributed by atoms with Gasteiger partial charge in [-0.05, 0) is 215 Å². The summed E-state index contributed by atoms with van der Waals surface area (Å²) in [4.78, 5) is 0. The van der Waals surface area contributed by atoms with Crippen LogP contribution in [0.3, 0.4) is 0 Å². The van der Waals surface area contributed by atoms with Crippen molar-refractivity contribution >= 4 is 0 Å². The predicted molar refractivity (Wildman–Crippen MR) is 258 cm³/mol. The lowest BCUT2D eigenvalue weighted by atomic mass is 9.60. The lowest BCUT2D eigenvalue weighted by molar-refractivity contribution is 0.0455. The van der Waals surface area contributed by atoms with Crippen LogP contribution >= 0.6 is 0 Å². The Balaban J connectivity index is 0.000000179. The van der Waals surface area contributed by atoms with Gasteiger partial charge in [-0.25, -0.2) is 0 Å². The van der Waals surface area contributed by atoms with Gasteiger partial charge in [-0.3, -0.25) is 0 Å². The Morgan fingerprint density at radius 3 is 0.864 bits per heavy atom. The molecule has 0 aromatic heterocycles. The van der Waals surface area contributed by atoms with Crippen LogP contribution in [0.1, 0.15) is 260 Å². The van der Waals surface area contributed by atoms with Crippen molar-refractivity contribution in [3.05, 3.63) is 0 Å². The molecule has 8 fully saturated rings. The quantitative estimate of drug-likeness (QED) is 0.206. The molecule has 0 spiro atoms. The minimum absolute atomic E-state index is 0.985. The van der Waals surface area contributed by atoms with E-state index >= 15 is 0 Å². The fourth-order valence-corrected chi connectivity index (χ4v) is 17.2. The molecule has 0 aromatic carbocycles. The van der Waals surface area contributed by atoms with Gasteiger partial charge >= 0.3 is 0 Å². The molecule has 0 aromatic rings. The molecule has 0 amide bonds. The van der Waals surface area contributed by atoms with Crippen molar-refractivity contribution in [2.24, 2.45) is 112 Å². The number of hydrogen-bond donors (Lipinski definition) is 0. The van der Waals surface area contributed by atoms with Gasteiger partial charge in [0.1, 0.15) is 0 Å². The van der Waals surface area contributed by atoms with Crippen LogP contribution in [0.4, 0.5) is 0 Å². The first-order chi connectivity index (χ1) is 28.6. The highest BCUT2D eigenvalue weighted by Gasteiger charge is 2.40. The summed E-state index contributed by atoms with van der Waals surface area (Å²) in [6, 6.07) is 0. The highest BCUT2D eigenvalue weighted by atomic mass is 14.4. The maximum Gasteiger partial charge on any atom is -0.0334 e. The van der Waals surface area contributed by atoms with Crippen molar-refractivity contribution in [2.75, 3.05) is 0 Å². The van der Waals surface area contributed by atoms with Gasteiger partial charge in [0.05, 0.1) is 0 Å². The second kappa shape index (κ2) is 23.3. The summed E-state index contributed by atoms with van der Waals surface area (Å²) >= 11 is 0. The third-order valence-corrected chi connectivity index (χ3v) is 21.7. The van der Waals surface area contributed by atoms with Gasteiger partial charge in [0, 0.05) is 0 Å². The second-order valence-electron chi connectivity index (χ2n) is 26.0. The first-order valence-electron chi connectivity index (χ1n) is 28.6. The molecule has 59 heavy (non-hydrogen) atoms. The van der Waals surface area contributed by atoms with Crippen LogP contribution in [0.5, 0.6) is 0 Å². The van der Waals surface area contributed by atoms with Crippen LogP contribution < -0.4 is 0 Å². The van der Waals surface area contributed by atoms with Gasteiger partial charge in [0.2, 0.25) is 0 Å². The van der Waals surface area contributed by atoms with Crippen molar-refractivity contribution in [1.29, 1.82) is 0 Å². The second-order valence-corrected chi connectivity index (χ2v) is 26.0. The van der Waals surface area contributed by atoms with Crippen molar-refractivity contribution in [2.45, 2.75) is 260 Å². The zero-order valence-electron chi connectivity index (χ0n) is 41.3. The standard InChI is InChI=1S/C30H54.C29H52/c1-21-5-13-27(14-6-21)28-17-11-25(12-18-28)9-10-26-19-23(3)30(24(4)20-26)29-15-7-22(2)8-16-29;1-21-4-13-26(14-5-21)27-16-9-24(10-17-27)7-8-25-11-18-28(19-12-25)29-15-6-22(2)23(3)20-29/h21-30H,5-20H2,1-4H3;21-29H,4-20H2,1-3H3. The SMILES string of the molecule is CC1CCC(C2CCC(CCC3CC(C)C(C4CCC(C)CC4)C(C)C3)CC2)CC1.CC1CCC(C2CCC(CCC3CCC(C4CCC(C)C(C)C4)CC3)CC2)CC1. The minimum Gasteiger partial charge on any atom is -0.0625 e. The molecule has 0 N–H and O–H groups in total. The topological polar surface area (TPSA) is 0 Å². The Morgan fingerprint density at radius 2 is 0.508 bits per heavy atom. The fourth-order valence-electron chi connectivity index (χ4n) is 17.2. The molecule has 0 heteroatoms. The van der Waals surface area contributed by atoms with Crippen LogP contribution in [0.2, 0.25) is 0 Å². The van der Waals surface area contributed by atoms with Crippen molar-refractivity contribution in [3.8, 4) is 0 Å². The van der Waals surface area contributed by atoms with Gasteiger partial charge in [0.25, 0.3) is 0 Å². The average Bonchev–Trinajstić information content (AvgIpc) is 3.25. The lowest BCUT2D eigenvalue weighted by Gasteiger charge is -2.45. The summed E-state index contributed by atoms with van der Waals surface area (Å²) < 4.78 is 0. The van der Waals surface area contributed by atoms with E-state index in [4.69, 9.17) is 0 Å². The molecular formula is C59H106.